The number of carboxylic acid groups (broad SMARTS) is 1. The van der Waals surface area contributed by atoms with E-state index in [1.165, 1.54) is 0 Å². The van der Waals surface area contributed by atoms with Gasteiger partial charge in [-0.15, -0.1) is 0 Å². The van der Waals surface area contributed by atoms with Crippen LogP contribution in [0.15, 0.2) is 24.3 Å². The standard InChI is InChI=1S/C16H20ClNO3/c1-10(8-11-4-2-3-5-14(11)17)18-15(19)12-6-7-13(9-12)16(20)21/h2-5,10,12-13H,6-9H2,1H3,(H,18,19)(H,20,21)/t10?,12-,13+/m1/s1. The van der Waals surface area contributed by atoms with Crippen LogP contribution in [0.2, 0.25) is 5.02 Å². The third-order valence-electron chi connectivity index (χ3n) is 4.03. The van der Waals surface area contributed by atoms with Gasteiger partial charge in [-0.05, 0) is 44.2 Å². The van der Waals surface area contributed by atoms with E-state index in [4.69, 9.17) is 16.7 Å². The summed E-state index contributed by atoms with van der Waals surface area (Å²) in [7, 11) is 0. The van der Waals surface area contributed by atoms with Gasteiger partial charge in [0.2, 0.25) is 5.91 Å². The molecule has 1 aliphatic carbocycles. The summed E-state index contributed by atoms with van der Waals surface area (Å²) in [5.74, 6) is -1.40. The molecule has 1 unspecified atom stereocenters. The zero-order chi connectivity index (χ0) is 15.4. The number of carbonyl (C=O) groups is 2. The lowest BCUT2D eigenvalue weighted by atomic mass is 10.0. The third kappa shape index (κ3) is 4.21. The highest BCUT2D eigenvalue weighted by Crippen LogP contribution is 2.31. The molecule has 1 aliphatic rings. The second-order valence-electron chi connectivity index (χ2n) is 5.75. The van der Waals surface area contributed by atoms with Crippen LogP contribution in [0.3, 0.4) is 0 Å². The Morgan fingerprint density at radius 2 is 2.00 bits per heavy atom. The van der Waals surface area contributed by atoms with Gasteiger partial charge in [0.05, 0.1) is 5.92 Å². The first-order valence-corrected chi connectivity index (χ1v) is 7.61. The van der Waals surface area contributed by atoms with Gasteiger partial charge >= 0.3 is 5.97 Å². The predicted molar refractivity (Wildman–Crippen MR) is 81.2 cm³/mol. The van der Waals surface area contributed by atoms with Crippen LogP contribution in [0.25, 0.3) is 0 Å². The van der Waals surface area contributed by atoms with Gasteiger partial charge in [0, 0.05) is 17.0 Å². The van der Waals surface area contributed by atoms with Crippen LogP contribution in [0.4, 0.5) is 0 Å². The monoisotopic (exact) mass is 309 g/mol. The minimum absolute atomic E-state index is 0.0266. The first kappa shape index (κ1) is 15.8. The zero-order valence-electron chi connectivity index (χ0n) is 12.0. The number of carbonyl (C=O) groups excluding carboxylic acids is 1. The van der Waals surface area contributed by atoms with Crippen molar-refractivity contribution in [3.05, 3.63) is 34.9 Å². The van der Waals surface area contributed by atoms with Crippen molar-refractivity contribution in [3.63, 3.8) is 0 Å². The minimum Gasteiger partial charge on any atom is -0.481 e. The molecule has 2 rings (SSSR count). The van der Waals surface area contributed by atoms with Crippen LogP contribution in [-0.2, 0) is 16.0 Å². The highest BCUT2D eigenvalue weighted by atomic mass is 35.5. The van der Waals surface area contributed by atoms with E-state index in [1.807, 2.05) is 31.2 Å². The quantitative estimate of drug-likeness (QED) is 0.879. The van der Waals surface area contributed by atoms with Gasteiger partial charge in [-0.2, -0.15) is 0 Å². The van der Waals surface area contributed by atoms with E-state index in [9.17, 15) is 9.59 Å². The number of hydrogen-bond acceptors (Lipinski definition) is 2. The molecule has 0 spiro atoms. The fourth-order valence-electron chi connectivity index (χ4n) is 2.85. The van der Waals surface area contributed by atoms with Gasteiger partial charge in [0.1, 0.15) is 0 Å². The number of hydrogen-bond donors (Lipinski definition) is 2. The van der Waals surface area contributed by atoms with Crippen LogP contribution in [0.1, 0.15) is 31.7 Å². The van der Waals surface area contributed by atoms with Gasteiger partial charge in [-0.1, -0.05) is 29.8 Å². The van der Waals surface area contributed by atoms with Gasteiger partial charge in [0.25, 0.3) is 0 Å². The first-order chi connectivity index (χ1) is 9.97. The summed E-state index contributed by atoms with van der Waals surface area (Å²) in [6, 6.07) is 7.55. The third-order valence-corrected chi connectivity index (χ3v) is 4.39. The first-order valence-electron chi connectivity index (χ1n) is 7.24. The molecule has 0 aromatic heterocycles. The Labute approximate surface area is 129 Å². The lowest BCUT2D eigenvalue weighted by Crippen LogP contribution is -2.38. The molecular formula is C16H20ClNO3. The van der Waals surface area contributed by atoms with Crippen molar-refractivity contribution in [1.82, 2.24) is 5.32 Å². The summed E-state index contributed by atoms with van der Waals surface area (Å²) in [5, 5.41) is 12.6. The molecule has 4 nitrogen and oxygen atoms in total. The predicted octanol–water partition coefficient (Wildman–Crippen LogP) is 2.89. The van der Waals surface area contributed by atoms with Crippen LogP contribution < -0.4 is 5.32 Å². The van der Waals surface area contributed by atoms with E-state index in [0.29, 0.717) is 30.7 Å². The van der Waals surface area contributed by atoms with Crippen molar-refractivity contribution in [1.29, 1.82) is 0 Å². The number of rotatable bonds is 5. The van der Waals surface area contributed by atoms with Crippen LogP contribution in [-0.4, -0.2) is 23.0 Å². The lowest BCUT2D eigenvalue weighted by molar-refractivity contribution is -0.141. The van der Waals surface area contributed by atoms with Crippen molar-refractivity contribution in [3.8, 4) is 0 Å². The zero-order valence-corrected chi connectivity index (χ0v) is 12.8. The van der Waals surface area contributed by atoms with Crippen molar-refractivity contribution < 1.29 is 14.7 Å². The molecule has 0 saturated heterocycles. The molecule has 2 N–H and O–H groups in total. The number of halogens is 1. The van der Waals surface area contributed by atoms with Gasteiger partial charge in [-0.25, -0.2) is 0 Å². The molecule has 114 valence electrons. The maximum absolute atomic E-state index is 12.2. The number of carboxylic acids is 1. The molecule has 0 bridgehead atoms. The molecule has 3 atom stereocenters. The lowest BCUT2D eigenvalue weighted by Gasteiger charge is -2.17. The van der Waals surface area contributed by atoms with Gasteiger partial charge in [-0.3, -0.25) is 9.59 Å². The molecule has 1 saturated carbocycles. The molecule has 1 fully saturated rings. The molecule has 21 heavy (non-hydrogen) atoms. The molecule has 1 amide bonds. The summed E-state index contributed by atoms with van der Waals surface area (Å²) in [6.45, 7) is 1.94. The Bertz CT molecular complexity index is 532. The Morgan fingerprint density at radius 3 is 2.62 bits per heavy atom. The van der Waals surface area contributed by atoms with Crippen molar-refractivity contribution >= 4 is 23.5 Å². The van der Waals surface area contributed by atoms with E-state index in [0.717, 1.165) is 5.56 Å². The number of benzene rings is 1. The number of aliphatic carboxylic acids is 1. The molecule has 0 heterocycles. The second-order valence-corrected chi connectivity index (χ2v) is 6.16. The Kier molecular flexibility index (Phi) is 5.23. The van der Waals surface area contributed by atoms with Crippen molar-refractivity contribution in [2.75, 3.05) is 0 Å². The van der Waals surface area contributed by atoms with Crippen molar-refractivity contribution in [2.24, 2.45) is 11.8 Å². The maximum atomic E-state index is 12.2. The van der Waals surface area contributed by atoms with Gasteiger partial charge < -0.3 is 10.4 Å². The summed E-state index contributed by atoms with van der Waals surface area (Å²) in [6.07, 6.45) is 2.36. The maximum Gasteiger partial charge on any atom is 0.306 e. The average Bonchev–Trinajstić information content (AvgIpc) is 2.91. The largest absolute Gasteiger partial charge is 0.481 e. The van der Waals surface area contributed by atoms with E-state index >= 15 is 0 Å². The van der Waals surface area contributed by atoms with E-state index < -0.39 is 5.97 Å². The van der Waals surface area contributed by atoms with E-state index in [2.05, 4.69) is 5.32 Å². The van der Waals surface area contributed by atoms with Crippen LogP contribution in [0, 0.1) is 11.8 Å². The van der Waals surface area contributed by atoms with Gasteiger partial charge in [0.15, 0.2) is 0 Å². The highest BCUT2D eigenvalue weighted by molar-refractivity contribution is 6.31. The topological polar surface area (TPSA) is 66.4 Å². The molecule has 5 heteroatoms. The minimum atomic E-state index is -0.797. The highest BCUT2D eigenvalue weighted by Gasteiger charge is 2.34. The summed E-state index contributed by atoms with van der Waals surface area (Å²) in [4.78, 5) is 23.1. The fraction of sp³-hybridized carbons (Fsp3) is 0.500. The second kappa shape index (κ2) is 6.94. The summed E-state index contributed by atoms with van der Waals surface area (Å²) < 4.78 is 0. The molecule has 1 aromatic rings. The number of nitrogens with one attached hydrogen (secondary N) is 1. The Balaban J connectivity index is 1.86. The van der Waals surface area contributed by atoms with E-state index in [-0.39, 0.29) is 23.8 Å². The van der Waals surface area contributed by atoms with Crippen LogP contribution >= 0.6 is 11.6 Å². The van der Waals surface area contributed by atoms with E-state index in [1.54, 1.807) is 0 Å². The van der Waals surface area contributed by atoms with Crippen LogP contribution in [0.5, 0.6) is 0 Å². The van der Waals surface area contributed by atoms with Crippen molar-refractivity contribution in [2.45, 2.75) is 38.6 Å². The number of amides is 1. The smallest absolute Gasteiger partial charge is 0.306 e. The normalized spacial score (nSPS) is 22.8. The molecule has 0 aliphatic heterocycles. The SMILES string of the molecule is CC(Cc1ccccc1Cl)NC(=O)[C@@H]1CC[C@H](C(=O)O)C1. The average molecular weight is 310 g/mol. The molecule has 1 aromatic carbocycles. The fourth-order valence-corrected chi connectivity index (χ4v) is 3.06. The Morgan fingerprint density at radius 1 is 1.33 bits per heavy atom. The summed E-state index contributed by atoms with van der Waals surface area (Å²) in [5.41, 5.74) is 1.00. The summed E-state index contributed by atoms with van der Waals surface area (Å²) >= 11 is 6.11. The molecular weight excluding hydrogens is 290 g/mol. The molecule has 0 radical (unpaired) electrons. The Hall–Kier alpha value is -1.55.